The predicted octanol–water partition coefficient (Wildman–Crippen LogP) is 3.09. The van der Waals surface area contributed by atoms with Crippen LogP contribution >= 0.6 is 0 Å². The Balaban J connectivity index is 1.28. The van der Waals surface area contributed by atoms with Crippen LogP contribution in [-0.2, 0) is 16.6 Å². The summed E-state index contributed by atoms with van der Waals surface area (Å²) < 4.78 is 11.7. The number of nitrogens with zero attached hydrogens (tertiary/aromatic N) is 2. The van der Waals surface area contributed by atoms with E-state index >= 15 is 0 Å². The maximum absolute atomic E-state index is 13.2. The topological polar surface area (TPSA) is 86.4 Å². The fraction of sp³-hybridized carbons (Fsp3) is 0.536. The maximum atomic E-state index is 13.2. The normalized spacial score (nSPS) is 35.1. The summed E-state index contributed by atoms with van der Waals surface area (Å²) in [5.74, 6) is 1.28. The zero-order valence-electron chi connectivity index (χ0n) is 20.0. The molecule has 0 radical (unpaired) electrons. The van der Waals surface area contributed by atoms with Crippen LogP contribution in [0.2, 0.25) is 0 Å². The number of carbonyl (C=O) groups excluding carboxylic acids is 1. The Morgan fingerprint density at radius 1 is 1.26 bits per heavy atom. The third-order valence-corrected chi connectivity index (χ3v) is 9.54. The highest BCUT2D eigenvalue weighted by molar-refractivity contribution is 5.91. The molecule has 3 fully saturated rings. The highest BCUT2D eigenvalue weighted by atomic mass is 16.5. The van der Waals surface area contributed by atoms with Crippen LogP contribution < -0.4 is 4.74 Å². The molecule has 5 aliphatic rings. The Bertz CT molecular complexity index is 1200. The van der Waals surface area contributed by atoms with Gasteiger partial charge in [0.05, 0.1) is 29.6 Å². The molecule has 7 nitrogen and oxygen atoms in total. The molecule has 184 valence electrons. The summed E-state index contributed by atoms with van der Waals surface area (Å²) >= 11 is 0. The molecule has 3 aliphatic carbocycles. The van der Waals surface area contributed by atoms with Crippen molar-refractivity contribution in [3.05, 3.63) is 53.5 Å². The number of aliphatic hydroxyl groups is 1. The lowest BCUT2D eigenvalue weighted by atomic mass is 9.48. The van der Waals surface area contributed by atoms with Gasteiger partial charge in [-0.1, -0.05) is 6.07 Å². The van der Waals surface area contributed by atoms with Gasteiger partial charge in [0.2, 0.25) is 5.91 Å². The second-order valence-corrected chi connectivity index (χ2v) is 11.2. The van der Waals surface area contributed by atoms with Gasteiger partial charge < -0.3 is 24.3 Å². The Morgan fingerprint density at radius 3 is 2.89 bits per heavy atom. The molecule has 1 aromatic heterocycles. The SMILES string of the molecule is CN(C(=O)/C=C/c1ccoc1)[C@H]1CC[C@]2(O)[C@@H]3Cc4ccc(O)c5c4C2(CCN3CC2CC2)C1O5. The molecule has 2 N–H and O–H groups in total. The molecule has 2 bridgehead atoms. The fourth-order valence-electron chi connectivity index (χ4n) is 7.67. The van der Waals surface area contributed by atoms with Crippen LogP contribution in [0.25, 0.3) is 6.08 Å². The number of amides is 1. The molecule has 3 heterocycles. The third-order valence-electron chi connectivity index (χ3n) is 9.54. The van der Waals surface area contributed by atoms with Crippen molar-refractivity contribution >= 4 is 12.0 Å². The average molecular weight is 477 g/mol. The lowest BCUT2D eigenvalue weighted by Crippen LogP contribution is -2.78. The van der Waals surface area contributed by atoms with Crippen molar-refractivity contribution in [2.24, 2.45) is 5.92 Å². The van der Waals surface area contributed by atoms with Gasteiger partial charge in [0.25, 0.3) is 0 Å². The van der Waals surface area contributed by atoms with Gasteiger partial charge in [0.1, 0.15) is 6.10 Å². The zero-order chi connectivity index (χ0) is 23.9. The van der Waals surface area contributed by atoms with Crippen LogP contribution in [0, 0.1) is 5.92 Å². The number of hydrogen-bond acceptors (Lipinski definition) is 6. The molecule has 1 aromatic carbocycles. The minimum Gasteiger partial charge on any atom is -0.504 e. The van der Waals surface area contributed by atoms with E-state index in [-0.39, 0.29) is 23.7 Å². The van der Waals surface area contributed by atoms with Crippen LogP contribution in [0.3, 0.4) is 0 Å². The molecule has 1 saturated heterocycles. The summed E-state index contributed by atoms with van der Waals surface area (Å²) in [6, 6.07) is 5.38. The van der Waals surface area contributed by atoms with E-state index in [0.717, 1.165) is 43.0 Å². The van der Waals surface area contributed by atoms with E-state index in [4.69, 9.17) is 9.15 Å². The quantitative estimate of drug-likeness (QED) is 0.645. The van der Waals surface area contributed by atoms with E-state index in [2.05, 4.69) is 4.90 Å². The van der Waals surface area contributed by atoms with Crippen molar-refractivity contribution in [1.29, 1.82) is 0 Å². The Hall–Kier alpha value is -2.77. The monoisotopic (exact) mass is 476 g/mol. The van der Waals surface area contributed by atoms with E-state index in [1.165, 1.54) is 18.4 Å². The van der Waals surface area contributed by atoms with Gasteiger partial charge in [-0.25, -0.2) is 0 Å². The lowest BCUT2D eigenvalue weighted by Gasteiger charge is -2.64. The zero-order valence-corrected chi connectivity index (χ0v) is 20.0. The maximum Gasteiger partial charge on any atom is 0.246 e. The van der Waals surface area contributed by atoms with Gasteiger partial charge in [0.15, 0.2) is 11.5 Å². The number of likely N-dealkylation sites (N-methyl/N-ethyl adjacent to an activating group) is 1. The Labute approximate surface area is 205 Å². The summed E-state index contributed by atoms with van der Waals surface area (Å²) in [5, 5.41) is 23.3. The number of phenols is 1. The summed E-state index contributed by atoms with van der Waals surface area (Å²) in [5.41, 5.74) is 1.44. The first-order chi connectivity index (χ1) is 16.9. The lowest BCUT2D eigenvalue weighted by molar-refractivity contribution is -0.200. The Kier molecular flexibility index (Phi) is 4.53. The first-order valence-corrected chi connectivity index (χ1v) is 12.9. The van der Waals surface area contributed by atoms with Crippen LogP contribution in [0.15, 0.2) is 41.2 Å². The first kappa shape index (κ1) is 21.5. The second-order valence-electron chi connectivity index (χ2n) is 11.2. The number of likely N-dealkylation sites (tertiary alicyclic amines) is 1. The van der Waals surface area contributed by atoms with Gasteiger partial charge >= 0.3 is 0 Å². The van der Waals surface area contributed by atoms with Crippen LogP contribution in [0.1, 0.15) is 48.8 Å². The number of piperidine rings is 1. The summed E-state index contributed by atoms with van der Waals surface area (Å²) in [4.78, 5) is 17.5. The van der Waals surface area contributed by atoms with Crippen molar-refractivity contribution < 1.29 is 24.2 Å². The highest BCUT2D eigenvalue weighted by Crippen LogP contribution is 2.66. The molecule has 1 spiro atoms. The van der Waals surface area contributed by atoms with Gasteiger partial charge in [0, 0.05) is 36.8 Å². The molecule has 2 unspecified atom stereocenters. The minimum atomic E-state index is -0.941. The third kappa shape index (κ3) is 2.88. The molecule has 7 rings (SSSR count). The minimum absolute atomic E-state index is 0.0360. The van der Waals surface area contributed by atoms with E-state index in [0.29, 0.717) is 18.6 Å². The van der Waals surface area contributed by atoms with Gasteiger partial charge in [-0.3, -0.25) is 9.69 Å². The van der Waals surface area contributed by atoms with Gasteiger partial charge in [-0.05, 0) is 74.8 Å². The Morgan fingerprint density at radius 2 is 2.11 bits per heavy atom. The van der Waals surface area contributed by atoms with Crippen LogP contribution in [-0.4, -0.2) is 69.8 Å². The van der Waals surface area contributed by atoms with E-state index in [1.54, 1.807) is 35.6 Å². The van der Waals surface area contributed by atoms with Crippen LogP contribution in [0.5, 0.6) is 11.5 Å². The summed E-state index contributed by atoms with van der Waals surface area (Å²) in [7, 11) is 1.82. The number of benzene rings is 1. The molecule has 7 heteroatoms. The molecule has 2 saturated carbocycles. The van der Waals surface area contributed by atoms with Crippen molar-refractivity contribution in [1.82, 2.24) is 9.80 Å². The van der Waals surface area contributed by atoms with Crippen molar-refractivity contribution in [2.45, 2.75) is 67.7 Å². The number of furan rings is 1. The number of carbonyl (C=O) groups is 1. The number of rotatable bonds is 5. The molecule has 35 heavy (non-hydrogen) atoms. The number of aromatic hydroxyl groups is 1. The van der Waals surface area contributed by atoms with Crippen molar-refractivity contribution in [3.63, 3.8) is 0 Å². The predicted molar refractivity (Wildman–Crippen MR) is 129 cm³/mol. The number of phenolic OH excluding ortho intramolecular Hbond substituents is 1. The smallest absolute Gasteiger partial charge is 0.246 e. The second kappa shape index (κ2) is 7.37. The summed E-state index contributed by atoms with van der Waals surface area (Å²) in [6.07, 6.45) is 11.5. The van der Waals surface area contributed by atoms with Crippen molar-refractivity contribution in [3.8, 4) is 11.5 Å². The number of hydrogen-bond donors (Lipinski definition) is 2. The molecular weight excluding hydrogens is 444 g/mol. The van der Waals surface area contributed by atoms with Gasteiger partial charge in [-0.15, -0.1) is 0 Å². The molecule has 1 amide bonds. The standard InChI is InChI=1S/C28H32N2O5/c1-29(23(32)7-4-18-9-13-34-16-18)20-8-10-28(33)22-14-19-5-6-21(31)25-24(19)27(28,26(20)35-25)11-12-30(22)15-17-2-3-17/h4-7,9,13,16-17,20,22,26,31,33H,2-3,8,10-12,14-15H2,1H3/b7-4+/t20-,22-,26?,27?,28-/m0/s1. The van der Waals surface area contributed by atoms with Crippen molar-refractivity contribution in [2.75, 3.05) is 20.1 Å². The van der Waals surface area contributed by atoms with E-state index in [1.807, 2.05) is 19.2 Å². The van der Waals surface area contributed by atoms with Gasteiger partial charge in [-0.2, -0.15) is 0 Å². The summed E-state index contributed by atoms with van der Waals surface area (Å²) in [6.45, 7) is 1.96. The molecular formula is C28H32N2O5. The average Bonchev–Trinajstić information content (AvgIpc) is 3.36. The highest BCUT2D eigenvalue weighted by Gasteiger charge is 2.73. The van der Waals surface area contributed by atoms with E-state index < -0.39 is 17.1 Å². The molecule has 2 aliphatic heterocycles. The van der Waals surface area contributed by atoms with Crippen LogP contribution in [0.4, 0.5) is 0 Å². The number of ether oxygens (including phenoxy) is 1. The largest absolute Gasteiger partial charge is 0.504 e. The first-order valence-electron chi connectivity index (χ1n) is 12.9. The fourth-order valence-corrected chi connectivity index (χ4v) is 7.67. The van der Waals surface area contributed by atoms with E-state index in [9.17, 15) is 15.0 Å². The molecule has 5 atom stereocenters. The molecule has 2 aromatic rings.